The first-order valence-corrected chi connectivity index (χ1v) is 14.7. The molecule has 3 rings (SSSR count). The Hall–Kier alpha value is -0.827. The van der Waals surface area contributed by atoms with Gasteiger partial charge in [-0.05, 0) is 30.5 Å². The third kappa shape index (κ3) is 5.58. The molecule has 0 unspecified atom stereocenters. The van der Waals surface area contributed by atoms with Gasteiger partial charge in [0.15, 0.2) is 0 Å². The molecule has 26 heavy (non-hydrogen) atoms. The van der Waals surface area contributed by atoms with Gasteiger partial charge in [-0.15, -0.1) is 0 Å². The van der Waals surface area contributed by atoms with E-state index in [0.29, 0.717) is 6.04 Å². The molecule has 138 valence electrons. The summed E-state index contributed by atoms with van der Waals surface area (Å²) in [5.41, 5.74) is 2.38. The molecule has 0 aliphatic heterocycles. The molecule has 0 saturated heterocycles. The number of aliphatic imine (C=N–C) groups is 1. The first-order valence-electron chi connectivity index (χ1n) is 8.40. The fourth-order valence-electron chi connectivity index (χ4n) is 2.74. The van der Waals surface area contributed by atoms with E-state index in [2.05, 4.69) is 31.0 Å². The van der Waals surface area contributed by atoms with E-state index < -0.39 is 20.8 Å². The molecule has 1 N–H and O–H groups in total. The van der Waals surface area contributed by atoms with Crippen LogP contribution in [0.25, 0.3) is 0 Å². The maximum atomic E-state index is 10.8. The average Bonchev–Trinajstić information content (AvgIpc) is 3.46. The van der Waals surface area contributed by atoms with Crippen molar-refractivity contribution in [3.05, 3.63) is 59.2 Å². The Kier molecular flexibility index (Phi) is 8.19. The van der Waals surface area contributed by atoms with Gasteiger partial charge in [0.05, 0.1) is 13.2 Å². The zero-order chi connectivity index (χ0) is 19.2. The number of methoxy groups -OCH3 is 1. The Bertz CT molecular complexity index is 747. The Balaban J connectivity index is 0.000000758. The summed E-state index contributed by atoms with van der Waals surface area (Å²) in [5, 5.41) is 10.8. The number of hydrogen-bond acceptors (Lipinski definition) is 3. The van der Waals surface area contributed by atoms with Crippen molar-refractivity contribution in [3.63, 3.8) is 0 Å². The molecule has 1 fully saturated rings. The van der Waals surface area contributed by atoms with Gasteiger partial charge in [-0.3, -0.25) is 4.99 Å². The number of aromatic hydroxyl groups is 1. The molecule has 0 bridgehead atoms. The van der Waals surface area contributed by atoms with Crippen molar-refractivity contribution in [2.75, 3.05) is 7.11 Å². The number of hydrogen-bond donors (Lipinski definition) is 1. The molecule has 6 heteroatoms. The quantitative estimate of drug-likeness (QED) is 0.570. The minimum atomic E-state index is -0.826. The second kappa shape index (κ2) is 9.92. The van der Waals surface area contributed by atoms with E-state index in [1.807, 2.05) is 30.3 Å². The summed E-state index contributed by atoms with van der Waals surface area (Å²) in [6.07, 6.45) is 4.06. The molecule has 0 spiro atoms. The van der Waals surface area contributed by atoms with E-state index >= 15 is 0 Å². The Morgan fingerprint density at radius 1 is 1.19 bits per heavy atom. The van der Waals surface area contributed by atoms with Gasteiger partial charge in [0, 0.05) is 22.8 Å². The summed E-state index contributed by atoms with van der Waals surface area (Å²) >= 11 is -0.826. The van der Waals surface area contributed by atoms with Crippen LogP contribution < -0.4 is 4.74 Å². The monoisotopic (exact) mass is 469 g/mol. The fourth-order valence-corrected chi connectivity index (χ4v) is 2.74. The van der Waals surface area contributed by atoms with E-state index in [1.54, 1.807) is 13.3 Å². The normalized spacial score (nSPS) is 13.9. The molecular weight excluding hydrogens is 448 g/mol. The molecule has 0 atom stereocenters. The van der Waals surface area contributed by atoms with Crippen molar-refractivity contribution < 1.29 is 30.7 Å². The summed E-state index contributed by atoms with van der Waals surface area (Å²) in [6, 6.07) is 14.4. The third-order valence-electron chi connectivity index (χ3n) is 4.49. The molecule has 1 saturated carbocycles. The van der Waals surface area contributed by atoms with Crippen LogP contribution in [-0.2, 0) is 26.3 Å². The van der Waals surface area contributed by atoms with Crippen LogP contribution in [0.4, 0.5) is 0 Å². The fraction of sp³-hybridized carbons (Fsp3) is 0.350. The zero-order valence-electron chi connectivity index (χ0n) is 15.2. The standard InChI is InChI=1S/C20H23NO2.2ClH.Zr/c1-20(2,15-7-5-4-6-8-15)18-12-17(23-3)11-14(19(18)22)13-21-16-9-10-16;;;/h4-8,11-13,16,22H,9-10H2,1-3H3;2*1H;/q;;;+2/p-2. The number of rotatable bonds is 5. The van der Waals surface area contributed by atoms with Crippen molar-refractivity contribution in [2.24, 2.45) is 4.99 Å². The Morgan fingerprint density at radius 2 is 1.81 bits per heavy atom. The molecule has 1 aliphatic carbocycles. The van der Waals surface area contributed by atoms with Gasteiger partial charge >= 0.3 is 37.9 Å². The topological polar surface area (TPSA) is 41.8 Å². The van der Waals surface area contributed by atoms with Crippen LogP contribution in [0.1, 0.15) is 43.4 Å². The Labute approximate surface area is 174 Å². The van der Waals surface area contributed by atoms with Crippen molar-refractivity contribution in [1.82, 2.24) is 0 Å². The molecule has 1 aliphatic rings. The van der Waals surface area contributed by atoms with Crippen LogP contribution in [0.2, 0.25) is 0 Å². The summed E-state index contributed by atoms with van der Waals surface area (Å²) < 4.78 is 5.43. The Morgan fingerprint density at radius 3 is 2.35 bits per heavy atom. The molecule has 0 radical (unpaired) electrons. The summed E-state index contributed by atoms with van der Waals surface area (Å²) in [6.45, 7) is 4.22. The average molecular weight is 472 g/mol. The number of halogens is 2. The first-order chi connectivity index (χ1) is 12.4. The summed E-state index contributed by atoms with van der Waals surface area (Å²) in [4.78, 5) is 4.50. The van der Waals surface area contributed by atoms with Crippen LogP contribution in [0, 0.1) is 0 Å². The van der Waals surface area contributed by atoms with E-state index in [9.17, 15) is 5.11 Å². The van der Waals surface area contributed by atoms with Crippen molar-refractivity contribution in [2.45, 2.75) is 38.1 Å². The van der Waals surface area contributed by atoms with E-state index in [1.165, 1.54) is 0 Å². The van der Waals surface area contributed by atoms with Gasteiger partial charge in [0.1, 0.15) is 11.5 Å². The van der Waals surface area contributed by atoms with E-state index in [-0.39, 0.29) is 11.2 Å². The van der Waals surface area contributed by atoms with E-state index in [0.717, 1.165) is 35.3 Å². The predicted octanol–water partition coefficient (Wildman–Crippen LogP) is 5.68. The number of ether oxygens (including phenoxy) is 1. The molecule has 0 aromatic heterocycles. The second-order valence-corrected chi connectivity index (χ2v) is 10.4. The zero-order valence-corrected chi connectivity index (χ0v) is 19.1. The van der Waals surface area contributed by atoms with Crippen LogP contribution in [0.15, 0.2) is 47.5 Å². The van der Waals surface area contributed by atoms with Gasteiger partial charge < -0.3 is 9.84 Å². The molecule has 0 heterocycles. The summed E-state index contributed by atoms with van der Waals surface area (Å²) in [7, 11) is 11.5. The summed E-state index contributed by atoms with van der Waals surface area (Å²) in [5.74, 6) is 1.02. The molecule has 0 amide bonds. The van der Waals surface area contributed by atoms with Gasteiger partial charge in [-0.2, -0.15) is 0 Å². The second-order valence-electron chi connectivity index (χ2n) is 6.68. The van der Waals surface area contributed by atoms with Gasteiger partial charge in [-0.1, -0.05) is 44.2 Å². The number of phenolic OH excluding ortho intramolecular Hbond substituents is 1. The van der Waals surface area contributed by atoms with Gasteiger partial charge in [-0.25, -0.2) is 0 Å². The molecule has 2 aromatic rings. The minimum absolute atomic E-state index is 0.282. The molecule has 3 nitrogen and oxygen atoms in total. The van der Waals surface area contributed by atoms with E-state index in [4.69, 9.17) is 21.8 Å². The number of phenols is 1. The van der Waals surface area contributed by atoms with Crippen molar-refractivity contribution in [3.8, 4) is 11.5 Å². The van der Waals surface area contributed by atoms with Crippen LogP contribution in [0.5, 0.6) is 11.5 Å². The maximum absolute atomic E-state index is 10.8. The van der Waals surface area contributed by atoms with Gasteiger partial charge in [0.2, 0.25) is 0 Å². The van der Waals surface area contributed by atoms with Crippen molar-refractivity contribution in [1.29, 1.82) is 0 Å². The van der Waals surface area contributed by atoms with Crippen LogP contribution in [0.3, 0.4) is 0 Å². The molecule has 2 aromatic carbocycles. The van der Waals surface area contributed by atoms with Crippen molar-refractivity contribution >= 4 is 23.2 Å². The van der Waals surface area contributed by atoms with Crippen LogP contribution >= 0.6 is 17.0 Å². The van der Waals surface area contributed by atoms with Gasteiger partial charge in [0.25, 0.3) is 0 Å². The SMILES string of the molecule is COc1cc(C=NC2CC2)c(O)c(C(C)(C)c2ccccc2)c1.[Cl][Zr][Cl]. The first kappa shape index (κ1) is 21.5. The number of nitrogens with zero attached hydrogens (tertiary/aromatic N) is 1. The molecular formula is C20H23Cl2NO2Zr. The number of benzene rings is 2. The third-order valence-corrected chi connectivity index (χ3v) is 4.49. The predicted molar refractivity (Wildman–Crippen MR) is 106 cm³/mol. The van der Waals surface area contributed by atoms with Crippen LogP contribution in [-0.4, -0.2) is 24.5 Å².